The summed E-state index contributed by atoms with van der Waals surface area (Å²) < 4.78 is 39.8. The number of anilines is 2. The van der Waals surface area contributed by atoms with Gasteiger partial charge in [0.2, 0.25) is 10.0 Å². The Kier molecular flexibility index (Phi) is 6.22. The molecule has 1 aromatic carbocycles. The van der Waals surface area contributed by atoms with Crippen molar-refractivity contribution in [2.45, 2.75) is 31.1 Å². The van der Waals surface area contributed by atoms with Gasteiger partial charge in [0, 0.05) is 32.2 Å². The number of piperidine rings is 1. The minimum Gasteiger partial charge on any atom is -0.369 e. The fourth-order valence-electron chi connectivity index (χ4n) is 3.00. The topological polar surface area (TPSA) is 87.2 Å². The van der Waals surface area contributed by atoms with E-state index in [1.54, 1.807) is 0 Å². The highest BCUT2D eigenvalue weighted by Gasteiger charge is 2.15. The first-order valence-corrected chi connectivity index (χ1v) is 10.5. The third-order valence-electron chi connectivity index (χ3n) is 4.35. The summed E-state index contributed by atoms with van der Waals surface area (Å²) in [5.74, 6) is 1.77. The van der Waals surface area contributed by atoms with Crippen LogP contribution in [-0.4, -0.2) is 44.6 Å². The van der Waals surface area contributed by atoms with Crippen LogP contribution in [0.5, 0.6) is 0 Å². The molecule has 0 aliphatic carbocycles. The van der Waals surface area contributed by atoms with Gasteiger partial charge in [-0.2, -0.15) is 0 Å². The van der Waals surface area contributed by atoms with Crippen LogP contribution < -0.4 is 14.9 Å². The number of aryl methyl sites for hydroxylation is 1. The molecule has 0 saturated carbocycles. The van der Waals surface area contributed by atoms with E-state index in [1.165, 1.54) is 18.6 Å². The smallest absolute Gasteiger partial charge is 0.240 e. The van der Waals surface area contributed by atoms with Crippen molar-refractivity contribution in [1.29, 1.82) is 0 Å². The molecular formula is C18H24FN5O2S. The molecule has 146 valence electrons. The maximum atomic E-state index is 12.9. The number of sulfonamides is 1. The zero-order chi connectivity index (χ0) is 19.3. The highest BCUT2D eigenvalue weighted by atomic mass is 32.2. The van der Waals surface area contributed by atoms with E-state index >= 15 is 0 Å². The molecule has 3 rings (SSSR count). The van der Waals surface area contributed by atoms with Crippen LogP contribution in [0.1, 0.15) is 25.1 Å². The molecule has 2 heterocycles. The third-order valence-corrected chi connectivity index (χ3v) is 5.83. The summed E-state index contributed by atoms with van der Waals surface area (Å²) in [6.45, 7) is 4.38. The molecule has 1 aliphatic rings. The Morgan fingerprint density at radius 2 is 1.78 bits per heavy atom. The normalized spacial score (nSPS) is 15.0. The molecule has 0 spiro atoms. The zero-order valence-electron chi connectivity index (χ0n) is 15.3. The van der Waals surface area contributed by atoms with E-state index < -0.39 is 15.8 Å². The van der Waals surface area contributed by atoms with E-state index in [0.29, 0.717) is 18.2 Å². The number of hydrogen-bond acceptors (Lipinski definition) is 6. The monoisotopic (exact) mass is 393 g/mol. The van der Waals surface area contributed by atoms with Crippen molar-refractivity contribution in [3.8, 4) is 0 Å². The summed E-state index contributed by atoms with van der Waals surface area (Å²) in [7, 11) is -3.66. The lowest BCUT2D eigenvalue weighted by atomic mass is 10.1. The zero-order valence-corrected chi connectivity index (χ0v) is 16.1. The van der Waals surface area contributed by atoms with Gasteiger partial charge in [0.1, 0.15) is 23.3 Å². The van der Waals surface area contributed by atoms with Crippen LogP contribution in [0.3, 0.4) is 0 Å². The van der Waals surface area contributed by atoms with Crippen LogP contribution >= 0.6 is 0 Å². The first-order chi connectivity index (χ1) is 12.9. The van der Waals surface area contributed by atoms with Gasteiger partial charge < -0.3 is 10.2 Å². The van der Waals surface area contributed by atoms with Crippen molar-refractivity contribution in [2.24, 2.45) is 0 Å². The number of halogens is 1. The van der Waals surface area contributed by atoms with Gasteiger partial charge in [-0.15, -0.1) is 0 Å². The van der Waals surface area contributed by atoms with E-state index in [-0.39, 0.29) is 11.4 Å². The number of hydrogen-bond donors (Lipinski definition) is 2. The van der Waals surface area contributed by atoms with Crippen molar-refractivity contribution in [1.82, 2.24) is 14.7 Å². The van der Waals surface area contributed by atoms with Gasteiger partial charge in [-0.05, 0) is 50.5 Å². The van der Waals surface area contributed by atoms with E-state index in [4.69, 9.17) is 0 Å². The Morgan fingerprint density at radius 1 is 1.07 bits per heavy atom. The minimum absolute atomic E-state index is 0.0363. The molecule has 1 aliphatic heterocycles. The van der Waals surface area contributed by atoms with Gasteiger partial charge in [0.25, 0.3) is 0 Å². The highest BCUT2D eigenvalue weighted by molar-refractivity contribution is 7.89. The van der Waals surface area contributed by atoms with Crippen LogP contribution in [0.25, 0.3) is 0 Å². The average Bonchev–Trinajstić information content (AvgIpc) is 2.66. The molecule has 1 aromatic heterocycles. The maximum absolute atomic E-state index is 12.9. The van der Waals surface area contributed by atoms with E-state index in [9.17, 15) is 12.8 Å². The van der Waals surface area contributed by atoms with Crippen molar-refractivity contribution >= 4 is 21.7 Å². The molecule has 0 atom stereocenters. The molecule has 1 fully saturated rings. The van der Waals surface area contributed by atoms with Crippen LogP contribution in [0, 0.1) is 12.7 Å². The lowest BCUT2D eigenvalue weighted by molar-refractivity contribution is 0.572. The molecule has 0 amide bonds. The Labute approximate surface area is 159 Å². The Balaban J connectivity index is 1.55. The van der Waals surface area contributed by atoms with Gasteiger partial charge in [0.05, 0.1) is 4.90 Å². The SMILES string of the molecule is Cc1nc(NCCNS(=O)(=O)c2ccc(F)cc2)cc(N2CCCCC2)n1. The summed E-state index contributed by atoms with van der Waals surface area (Å²) in [4.78, 5) is 11.2. The Hall–Kier alpha value is -2.26. The number of nitrogens with zero attached hydrogens (tertiary/aromatic N) is 3. The second kappa shape index (κ2) is 8.62. The summed E-state index contributed by atoms with van der Waals surface area (Å²) in [6, 6.07) is 6.62. The number of benzene rings is 1. The summed E-state index contributed by atoms with van der Waals surface area (Å²) in [5, 5.41) is 3.13. The highest BCUT2D eigenvalue weighted by Crippen LogP contribution is 2.20. The fraction of sp³-hybridized carbons (Fsp3) is 0.444. The van der Waals surface area contributed by atoms with Gasteiger partial charge in [-0.25, -0.2) is 27.5 Å². The standard InChI is InChI=1S/C18H24FN5O2S/c1-14-22-17(13-18(23-14)24-11-3-2-4-12-24)20-9-10-21-27(25,26)16-7-5-15(19)6-8-16/h5-8,13,21H,2-4,9-12H2,1H3,(H,20,22,23). The summed E-state index contributed by atoms with van der Waals surface area (Å²) in [5.41, 5.74) is 0. The predicted octanol–water partition coefficient (Wildman–Crippen LogP) is 2.30. The molecule has 0 unspecified atom stereocenters. The molecule has 1 saturated heterocycles. The number of rotatable bonds is 7. The molecule has 2 N–H and O–H groups in total. The number of aromatic nitrogens is 2. The van der Waals surface area contributed by atoms with Gasteiger partial charge >= 0.3 is 0 Å². The molecule has 2 aromatic rings. The fourth-order valence-corrected chi connectivity index (χ4v) is 4.03. The van der Waals surface area contributed by atoms with E-state index in [2.05, 4.69) is 24.9 Å². The molecule has 9 heteroatoms. The van der Waals surface area contributed by atoms with Gasteiger partial charge in [0.15, 0.2) is 0 Å². The lowest BCUT2D eigenvalue weighted by Gasteiger charge is -2.28. The first-order valence-electron chi connectivity index (χ1n) is 9.04. The predicted molar refractivity (Wildman–Crippen MR) is 103 cm³/mol. The Bertz CT molecular complexity index is 868. The van der Waals surface area contributed by atoms with Crippen LogP contribution in [0.2, 0.25) is 0 Å². The van der Waals surface area contributed by atoms with Crippen LogP contribution in [-0.2, 0) is 10.0 Å². The summed E-state index contributed by atoms with van der Waals surface area (Å²) in [6.07, 6.45) is 3.58. The second-order valence-electron chi connectivity index (χ2n) is 6.48. The third kappa shape index (κ3) is 5.36. The van der Waals surface area contributed by atoms with E-state index in [0.717, 1.165) is 43.9 Å². The summed E-state index contributed by atoms with van der Waals surface area (Å²) >= 11 is 0. The molecule has 27 heavy (non-hydrogen) atoms. The van der Waals surface area contributed by atoms with Gasteiger partial charge in [-0.1, -0.05) is 0 Å². The lowest BCUT2D eigenvalue weighted by Crippen LogP contribution is -2.31. The quantitative estimate of drug-likeness (QED) is 0.702. The van der Waals surface area contributed by atoms with Crippen molar-refractivity contribution in [3.05, 3.63) is 42.0 Å². The Morgan fingerprint density at radius 3 is 2.48 bits per heavy atom. The van der Waals surface area contributed by atoms with Crippen molar-refractivity contribution < 1.29 is 12.8 Å². The number of nitrogens with one attached hydrogen (secondary N) is 2. The van der Waals surface area contributed by atoms with Crippen LogP contribution in [0.4, 0.5) is 16.0 Å². The molecule has 7 nitrogen and oxygen atoms in total. The van der Waals surface area contributed by atoms with Gasteiger partial charge in [-0.3, -0.25) is 0 Å². The average molecular weight is 393 g/mol. The molecule has 0 radical (unpaired) electrons. The van der Waals surface area contributed by atoms with Crippen molar-refractivity contribution in [3.63, 3.8) is 0 Å². The largest absolute Gasteiger partial charge is 0.369 e. The maximum Gasteiger partial charge on any atom is 0.240 e. The minimum atomic E-state index is -3.66. The van der Waals surface area contributed by atoms with Crippen LogP contribution in [0.15, 0.2) is 35.2 Å². The first kappa shape index (κ1) is 19.5. The second-order valence-corrected chi connectivity index (χ2v) is 8.25. The van der Waals surface area contributed by atoms with E-state index in [1.807, 2.05) is 13.0 Å². The molecule has 0 bridgehead atoms. The molecular weight excluding hydrogens is 369 g/mol. The van der Waals surface area contributed by atoms with Crippen molar-refractivity contribution in [2.75, 3.05) is 36.4 Å².